The van der Waals surface area contributed by atoms with E-state index in [1.54, 1.807) is 49.6 Å². The number of carbonyl (C=O) groups excluding carboxylic acids is 3. The van der Waals surface area contributed by atoms with Crippen molar-refractivity contribution in [3.63, 3.8) is 0 Å². The lowest BCUT2D eigenvalue weighted by atomic mass is 9.83. The van der Waals surface area contributed by atoms with Crippen molar-refractivity contribution in [3.05, 3.63) is 134 Å². The van der Waals surface area contributed by atoms with E-state index < -0.39 is 49.4 Å². The highest BCUT2D eigenvalue weighted by atomic mass is 79.9. The van der Waals surface area contributed by atoms with Gasteiger partial charge in [-0.3, -0.25) is 18.9 Å². The second kappa shape index (κ2) is 12.6. The Bertz CT molecular complexity index is 2930. The van der Waals surface area contributed by atoms with E-state index in [4.69, 9.17) is 4.74 Å². The van der Waals surface area contributed by atoms with Crippen molar-refractivity contribution < 1.29 is 37.2 Å². The summed E-state index contributed by atoms with van der Waals surface area (Å²) in [6, 6.07) is 25.1. The number of carbonyl (C=O) groups is 3. The monoisotopic (exact) mass is 787 g/mol. The highest BCUT2D eigenvalue weighted by Gasteiger charge is 2.37. The minimum absolute atomic E-state index is 0.00957. The summed E-state index contributed by atoms with van der Waals surface area (Å²) >= 11 is 3.22. The quantitative estimate of drug-likeness (QED) is 0.0814. The van der Waals surface area contributed by atoms with Crippen molar-refractivity contribution in [2.24, 2.45) is 10.2 Å². The lowest BCUT2D eigenvalue weighted by Crippen LogP contribution is -2.22. The fraction of sp³-hybridized carbons (Fsp3) is 0.0750. The predicted molar refractivity (Wildman–Crippen MR) is 202 cm³/mol. The number of Topliss-reactive ketones (excluding diaryl/α,β-unsaturated/α-hetero) is 1. The maximum atomic E-state index is 14.0. The lowest BCUT2D eigenvalue weighted by Gasteiger charge is -2.21. The number of aryl methyl sites for hydroxylation is 1. The molecule has 7 aromatic rings. The fourth-order valence-electron chi connectivity index (χ4n) is 6.96. The van der Waals surface area contributed by atoms with E-state index in [2.05, 4.69) is 31.1 Å². The van der Waals surface area contributed by atoms with Crippen molar-refractivity contribution in [2.45, 2.75) is 18.2 Å². The minimum atomic E-state index is -5.06. The van der Waals surface area contributed by atoms with Gasteiger partial charge in [0.25, 0.3) is 10.1 Å². The van der Waals surface area contributed by atoms with Crippen LogP contribution in [0.15, 0.2) is 111 Å². The summed E-state index contributed by atoms with van der Waals surface area (Å²) in [6.45, 7) is 1.84. The molecule has 1 heterocycles. The molecule has 262 valence electrons. The zero-order chi connectivity index (χ0) is 37.3. The molecule has 0 amide bonds. The molecule has 1 aromatic heterocycles. The number of nitrogens with zero attached hydrogens (tertiary/aromatic N) is 2. The van der Waals surface area contributed by atoms with Crippen LogP contribution in [-0.2, 0) is 16.5 Å². The third kappa shape index (κ3) is 5.52. The van der Waals surface area contributed by atoms with Gasteiger partial charge in [-0.25, -0.2) is 0 Å². The average molecular weight is 789 g/mol. The molecule has 0 radical (unpaired) electrons. The number of para-hydroxylation sites is 1. The standard InChI is InChI=1S/C40H26BrN3O8S/c1-19-15-22(52-2)13-11-20(19)17-30(45)27-16-21-12-14-24-23-7-5-6-10-29(23)42-35(24)32(21)37(40(27)48)44-43-36-31(53(49,50)51)18-28(41)33-34(36)39(47)26-9-4-3-8-25(26)38(33)46/h3-16,18,42,48H,17H2,1-2H3,(H,49,50,51). The van der Waals surface area contributed by atoms with Gasteiger partial charge in [0.2, 0.25) is 0 Å². The number of azo groups is 1. The number of aromatic amines is 1. The molecule has 11 nitrogen and oxygen atoms in total. The van der Waals surface area contributed by atoms with Crippen LogP contribution in [0.3, 0.4) is 0 Å². The fourth-order valence-corrected chi connectivity index (χ4v) is 8.37. The van der Waals surface area contributed by atoms with Crippen LogP contribution in [0.5, 0.6) is 11.5 Å². The summed E-state index contributed by atoms with van der Waals surface area (Å²) in [7, 11) is -3.52. The van der Waals surface area contributed by atoms with E-state index in [1.807, 2.05) is 37.3 Å². The zero-order valence-electron chi connectivity index (χ0n) is 27.9. The molecule has 1 aliphatic carbocycles. The number of rotatable bonds is 7. The van der Waals surface area contributed by atoms with Crippen molar-refractivity contribution in [2.75, 3.05) is 7.11 Å². The molecule has 0 unspecified atom stereocenters. The van der Waals surface area contributed by atoms with Crippen molar-refractivity contribution >= 4 is 87.4 Å². The third-order valence-electron chi connectivity index (χ3n) is 9.55. The van der Waals surface area contributed by atoms with E-state index >= 15 is 0 Å². The van der Waals surface area contributed by atoms with E-state index in [0.717, 1.165) is 27.9 Å². The normalized spacial score (nSPS) is 12.9. The molecule has 0 saturated heterocycles. The second-order valence-electron chi connectivity index (χ2n) is 12.6. The molecular formula is C40H26BrN3O8S. The molecule has 0 atom stereocenters. The number of benzene rings is 6. The Labute approximate surface area is 309 Å². The number of aromatic hydroxyl groups is 1. The number of phenolic OH excluding ortho intramolecular Hbond substituents is 1. The Morgan fingerprint density at radius 1 is 0.849 bits per heavy atom. The van der Waals surface area contributed by atoms with Gasteiger partial charge in [0.1, 0.15) is 22.0 Å². The van der Waals surface area contributed by atoms with Crippen LogP contribution in [0.1, 0.15) is 53.3 Å². The number of phenols is 1. The van der Waals surface area contributed by atoms with E-state index in [-0.39, 0.29) is 38.8 Å². The number of ether oxygens (including phenoxy) is 1. The van der Waals surface area contributed by atoms with Gasteiger partial charge in [-0.05, 0) is 69.7 Å². The van der Waals surface area contributed by atoms with Crippen LogP contribution in [0.25, 0.3) is 32.6 Å². The molecule has 13 heteroatoms. The molecule has 0 saturated carbocycles. The highest BCUT2D eigenvalue weighted by Crippen LogP contribution is 2.47. The summed E-state index contributed by atoms with van der Waals surface area (Å²) in [6.07, 6.45) is -0.0801. The first-order valence-electron chi connectivity index (χ1n) is 16.2. The van der Waals surface area contributed by atoms with Gasteiger partial charge in [-0.15, -0.1) is 10.2 Å². The van der Waals surface area contributed by atoms with Crippen LogP contribution in [-0.4, -0.2) is 47.5 Å². The van der Waals surface area contributed by atoms with Crippen LogP contribution >= 0.6 is 15.9 Å². The summed E-state index contributed by atoms with van der Waals surface area (Å²) < 4.78 is 41.2. The molecule has 8 rings (SSSR count). The minimum Gasteiger partial charge on any atom is -0.505 e. The Kier molecular flexibility index (Phi) is 8.09. The van der Waals surface area contributed by atoms with Crippen LogP contribution in [0.4, 0.5) is 11.4 Å². The summed E-state index contributed by atoms with van der Waals surface area (Å²) in [5, 5.41) is 23.0. The third-order valence-corrected chi connectivity index (χ3v) is 11.0. The number of hydrogen-bond acceptors (Lipinski definition) is 9. The Morgan fingerprint density at radius 2 is 1.53 bits per heavy atom. The molecule has 1 aliphatic rings. The summed E-state index contributed by atoms with van der Waals surface area (Å²) in [5.41, 5.74) is 1.49. The lowest BCUT2D eigenvalue weighted by molar-refractivity contribution is 0.0978. The number of hydrogen-bond donors (Lipinski definition) is 3. The maximum absolute atomic E-state index is 14.0. The first-order chi connectivity index (χ1) is 25.4. The number of H-pyrrole nitrogens is 1. The molecule has 3 N–H and O–H groups in total. The van der Waals surface area contributed by atoms with Crippen LogP contribution in [0, 0.1) is 6.92 Å². The maximum Gasteiger partial charge on any atom is 0.296 e. The second-order valence-corrected chi connectivity index (χ2v) is 14.8. The molecule has 6 aromatic carbocycles. The number of fused-ring (bicyclic) bond motifs is 7. The average Bonchev–Trinajstić information content (AvgIpc) is 3.52. The number of aromatic nitrogens is 1. The molecule has 0 bridgehead atoms. The largest absolute Gasteiger partial charge is 0.505 e. The van der Waals surface area contributed by atoms with E-state index in [0.29, 0.717) is 27.6 Å². The molecular weight excluding hydrogens is 762 g/mol. The number of nitrogens with one attached hydrogen (secondary N) is 1. The van der Waals surface area contributed by atoms with Crippen LogP contribution < -0.4 is 4.74 Å². The van der Waals surface area contributed by atoms with Gasteiger partial charge in [0.05, 0.1) is 29.3 Å². The smallest absolute Gasteiger partial charge is 0.296 e. The molecule has 0 spiro atoms. The van der Waals surface area contributed by atoms with Crippen molar-refractivity contribution in [1.82, 2.24) is 4.98 Å². The van der Waals surface area contributed by atoms with Gasteiger partial charge < -0.3 is 14.8 Å². The predicted octanol–water partition coefficient (Wildman–Crippen LogP) is 9.12. The summed E-state index contributed by atoms with van der Waals surface area (Å²) in [4.78, 5) is 44.2. The molecule has 0 fully saturated rings. The van der Waals surface area contributed by atoms with Gasteiger partial charge in [0.15, 0.2) is 23.1 Å². The van der Waals surface area contributed by atoms with E-state index in [9.17, 15) is 32.5 Å². The highest BCUT2D eigenvalue weighted by molar-refractivity contribution is 9.10. The SMILES string of the molecule is COc1ccc(CC(=O)c2cc3ccc4c5ccccc5[nH]c4c3c(N=Nc3c(S(=O)(=O)O)cc(Br)c4c3C(=O)c3ccccc3C4=O)c2O)c(C)c1. The van der Waals surface area contributed by atoms with Gasteiger partial charge >= 0.3 is 0 Å². The number of halogens is 1. The number of methoxy groups -OCH3 is 1. The Hall–Kier alpha value is -6.02. The van der Waals surface area contributed by atoms with Gasteiger partial charge in [0, 0.05) is 43.7 Å². The molecule has 53 heavy (non-hydrogen) atoms. The first kappa shape index (κ1) is 34.1. The van der Waals surface area contributed by atoms with Crippen molar-refractivity contribution in [1.29, 1.82) is 0 Å². The molecule has 0 aliphatic heterocycles. The Balaban J connectivity index is 1.39. The van der Waals surface area contributed by atoms with Gasteiger partial charge in [-0.2, -0.15) is 8.42 Å². The van der Waals surface area contributed by atoms with Gasteiger partial charge in [-0.1, -0.05) is 60.7 Å². The first-order valence-corrected chi connectivity index (χ1v) is 18.4. The zero-order valence-corrected chi connectivity index (χ0v) is 30.3. The van der Waals surface area contributed by atoms with Crippen LogP contribution in [0.2, 0.25) is 0 Å². The topological polar surface area (TPSA) is 176 Å². The van der Waals surface area contributed by atoms with E-state index in [1.165, 1.54) is 12.1 Å². The summed E-state index contributed by atoms with van der Waals surface area (Å²) in [5.74, 6) is -1.66. The van der Waals surface area contributed by atoms with Crippen molar-refractivity contribution in [3.8, 4) is 11.5 Å². The Morgan fingerprint density at radius 3 is 2.23 bits per heavy atom. The number of ketones is 3.